The number of hydrogen-bond donors (Lipinski definition) is 2. The predicted octanol–water partition coefficient (Wildman–Crippen LogP) is 2.10. The number of carbonyl (C=O) groups excluding carboxylic acids is 2. The number of nitrogens with one attached hydrogen (secondary N) is 2. The van der Waals surface area contributed by atoms with Gasteiger partial charge in [0.05, 0.1) is 6.29 Å². The van der Waals surface area contributed by atoms with Gasteiger partial charge in [-0.05, 0) is 23.7 Å². The van der Waals surface area contributed by atoms with Gasteiger partial charge in [0.15, 0.2) is 0 Å². The quantitative estimate of drug-likeness (QED) is 0.751. The molecule has 2 N–H and O–H groups in total. The second kappa shape index (κ2) is 9.71. The number of hydrogen-bond acceptors (Lipinski definition) is 3. The van der Waals surface area contributed by atoms with Crippen molar-refractivity contribution in [2.24, 2.45) is 0 Å². The molecular formula is C18H19N2O2Y-. The SMILES string of the molecule is CNCc1ccc(CNC(=O)c2cc(C)cc([C-]=O)c2)cc1.[Y]. The average Bonchev–Trinajstić information content (AvgIpc) is 2.53. The molecule has 23 heavy (non-hydrogen) atoms. The fourth-order valence-electron chi connectivity index (χ4n) is 2.24. The van der Waals surface area contributed by atoms with E-state index in [0.717, 1.165) is 17.7 Å². The normalized spacial score (nSPS) is 9.83. The Kier molecular flexibility index (Phi) is 8.31. The van der Waals surface area contributed by atoms with Gasteiger partial charge in [0.25, 0.3) is 0 Å². The van der Waals surface area contributed by atoms with E-state index >= 15 is 0 Å². The van der Waals surface area contributed by atoms with Crippen molar-refractivity contribution in [3.63, 3.8) is 0 Å². The maximum Gasteiger partial charge on any atom is 0.239 e. The number of aryl methyl sites for hydroxylation is 1. The first-order valence-corrected chi connectivity index (χ1v) is 7.13. The summed E-state index contributed by atoms with van der Waals surface area (Å²) in [7, 11) is 1.90. The van der Waals surface area contributed by atoms with Crippen molar-refractivity contribution in [1.29, 1.82) is 0 Å². The molecule has 2 rings (SSSR count). The van der Waals surface area contributed by atoms with E-state index in [4.69, 9.17) is 0 Å². The summed E-state index contributed by atoms with van der Waals surface area (Å²) in [5, 5.41) is 5.95. The molecule has 2 aromatic carbocycles. The van der Waals surface area contributed by atoms with Crippen molar-refractivity contribution < 1.29 is 42.3 Å². The molecule has 117 valence electrons. The molecule has 0 saturated heterocycles. The van der Waals surface area contributed by atoms with E-state index in [1.807, 2.05) is 44.5 Å². The molecule has 4 nitrogen and oxygen atoms in total. The second-order valence-corrected chi connectivity index (χ2v) is 5.22. The van der Waals surface area contributed by atoms with Crippen LogP contribution in [0.3, 0.4) is 0 Å². The van der Waals surface area contributed by atoms with Gasteiger partial charge in [-0.1, -0.05) is 37.3 Å². The maximum absolute atomic E-state index is 12.2. The van der Waals surface area contributed by atoms with Crippen LogP contribution in [0.2, 0.25) is 0 Å². The van der Waals surface area contributed by atoms with Gasteiger partial charge in [0.1, 0.15) is 0 Å². The van der Waals surface area contributed by atoms with E-state index in [9.17, 15) is 9.59 Å². The maximum atomic E-state index is 12.2. The Morgan fingerprint density at radius 3 is 2.22 bits per heavy atom. The number of rotatable bonds is 6. The molecule has 0 unspecified atom stereocenters. The first-order valence-electron chi connectivity index (χ1n) is 7.13. The van der Waals surface area contributed by atoms with Gasteiger partial charge in [-0.15, -0.1) is 17.2 Å². The standard InChI is InChI=1S/C18H19N2O2.Y/c1-13-7-16(12-21)9-17(8-13)18(22)20-11-15-5-3-14(4-6-15)10-19-2;/h3-9,19H,10-11H2,1-2H3,(H,20,22);/q-1;. The zero-order chi connectivity index (χ0) is 15.9. The molecule has 0 saturated carbocycles. The van der Waals surface area contributed by atoms with Crippen LogP contribution >= 0.6 is 0 Å². The zero-order valence-corrected chi connectivity index (χ0v) is 16.2. The van der Waals surface area contributed by atoms with Crippen LogP contribution in [0.25, 0.3) is 0 Å². The molecule has 2 aromatic rings. The van der Waals surface area contributed by atoms with Gasteiger partial charge in [0.2, 0.25) is 5.91 Å². The van der Waals surface area contributed by atoms with Crippen molar-refractivity contribution in [2.45, 2.75) is 20.0 Å². The minimum absolute atomic E-state index is 0. The smallest absolute Gasteiger partial charge is 0.239 e. The average molecular weight is 384 g/mol. The summed E-state index contributed by atoms with van der Waals surface area (Å²) in [4.78, 5) is 22.9. The van der Waals surface area contributed by atoms with E-state index in [-0.39, 0.29) is 38.6 Å². The predicted molar refractivity (Wildman–Crippen MR) is 86.4 cm³/mol. The first kappa shape index (κ1) is 19.7. The Morgan fingerprint density at radius 1 is 1.04 bits per heavy atom. The summed E-state index contributed by atoms with van der Waals surface area (Å²) in [5.41, 5.74) is 3.96. The molecule has 0 atom stereocenters. The molecule has 0 spiro atoms. The third kappa shape index (κ3) is 5.98. The molecule has 0 aromatic heterocycles. The van der Waals surface area contributed by atoms with Gasteiger partial charge in [0, 0.05) is 45.8 Å². The van der Waals surface area contributed by atoms with Crippen molar-refractivity contribution >= 4 is 12.2 Å². The summed E-state index contributed by atoms with van der Waals surface area (Å²) >= 11 is 0. The zero-order valence-electron chi connectivity index (χ0n) is 13.3. The largest absolute Gasteiger partial charge is 0.376 e. The topological polar surface area (TPSA) is 58.2 Å². The van der Waals surface area contributed by atoms with Crippen LogP contribution in [0, 0.1) is 6.92 Å². The van der Waals surface area contributed by atoms with Crippen LogP contribution in [0.4, 0.5) is 0 Å². The minimum Gasteiger partial charge on any atom is -0.376 e. The summed E-state index contributed by atoms with van der Waals surface area (Å²) in [6, 6.07) is 13.1. The molecular weight excluding hydrogens is 365 g/mol. The molecule has 1 amide bonds. The minimum atomic E-state index is -0.195. The van der Waals surface area contributed by atoms with Crippen molar-refractivity contribution in [1.82, 2.24) is 10.6 Å². The van der Waals surface area contributed by atoms with Crippen molar-refractivity contribution in [3.05, 3.63) is 70.3 Å². The third-order valence-corrected chi connectivity index (χ3v) is 3.31. The Hall–Kier alpha value is -1.36. The fourth-order valence-corrected chi connectivity index (χ4v) is 2.24. The summed E-state index contributed by atoms with van der Waals surface area (Å²) in [5.74, 6) is -0.195. The number of carbonyl (C=O) groups is 1. The van der Waals surface area contributed by atoms with Crippen molar-refractivity contribution in [3.8, 4) is 0 Å². The van der Waals surface area contributed by atoms with E-state index in [2.05, 4.69) is 10.6 Å². The van der Waals surface area contributed by atoms with Crippen LogP contribution in [-0.2, 0) is 50.6 Å². The van der Waals surface area contributed by atoms with Gasteiger partial charge >= 0.3 is 0 Å². The van der Waals surface area contributed by atoms with Crippen LogP contribution < -0.4 is 10.6 Å². The number of benzene rings is 2. The van der Waals surface area contributed by atoms with Gasteiger partial charge in [-0.25, -0.2) is 0 Å². The molecule has 0 fully saturated rings. The van der Waals surface area contributed by atoms with Gasteiger partial charge in [-0.2, -0.15) is 6.07 Å². The van der Waals surface area contributed by atoms with Gasteiger partial charge in [-0.3, -0.25) is 4.79 Å². The Morgan fingerprint density at radius 2 is 1.65 bits per heavy atom. The molecule has 0 aliphatic rings. The van der Waals surface area contributed by atoms with E-state index in [1.165, 1.54) is 5.56 Å². The molecule has 0 heterocycles. The molecule has 0 bridgehead atoms. The van der Waals surface area contributed by atoms with E-state index in [1.54, 1.807) is 18.2 Å². The van der Waals surface area contributed by atoms with Gasteiger partial charge < -0.3 is 15.4 Å². The molecule has 5 heteroatoms. The molecule has 0 aliphatic heterocycles. The summed E-state index contributed by atoms with van der Waals surface area (Å²) in [6.45, 7) is 3.12. The Balaban J connectivity index is 0.00000264. The monoisotopic (exact) mass is 384 g/mol. The first-order chi connectivity index (χ1) is 10.6. The van der Waals surface area contributed by atoms with Crippen LogP contribution in [0.1, 0.15) is 32.6 Å². The second-order valence-electron chi connectivity index (χ2n) is 5.22. The van der Waals surface area contributed by atoms with Crippen molar-refractivity contribution in [2.75, 3.05) is 7.05 Å². The molecule has 1 radical (unpaired) electrons. The fraction of sp³-hybridized carbons (Fsp3) is 0.222. The van der Waals surface area contributed by atoms with Crippen LogP contribution in [0.5, 0.6) is 0 Å². The van der Waals surface area contributed by atoms with Crippen LogP contribution in [-0.4, -0.2) is 19.2 Å². The van der Waals surface area contributed by atoms with Crippen LogP contribution in [0.15, 0.2) is 42.5 Å². The molecule has 0 aliphatic carbocycles. The summed E-state index contributed by atoms with van der Waals surface area (Å²) < 4.78 is 0. The van der Waals surface area contributed by atoms with E-state index < -0.39 is 0 Å². The van der Waals surface area contributed by atoms with E-state index in [0.29, 0.717) is 17.7 Å². The summed E-state index contributed by atoms with van der Waals surface area (Å²) in [6.07, 6.45) is 1.82. The Labute approximate surface area is 161 Å². The number of amides is 1. The Bertz CT molecular complexity index is 669. The third-order valence-electron chi connectivity index (χ3n) is 3.31.